The number of anilines is 1. The molecule has 2 aromatic rings. The molecule has 0 spiro atoms. The lowest BCUT2D eigenvalue weighted by Crippen LogP contribution is -2.38. The lowest BCUT2D eigenvalue weighted by Gasteiger charge is -2.35. The first-order chi connectivity index (χ1) is 18.5. The quantitative estimate of drug-likeness (QED) is 0.390. The Morgan fingerprint density at radius 1 is 1.10 bits per heavy atom. The van der Waals surface area contributed by atoms with Crippen molar-refractivity contribution < 1.29 is 28.6 Å². The summed E-state index contributed by atoms with van der Waals surface area (Å²) >= 11 is 0. The second-order valence-corrected chi connectivity index (χ2v) is 10.6. The smallest absolute Gasteiger partial charge is 0.325 e. The molecule has 0 radical (unpaired) electrons. The van der Waals surface area contributed by atoms with Crippen LogP contribution >= 0.6 is 0 Å². The van der Waals surface area contributed by atoms with Crippen molar-refractivity contribution in [3.8, 4) is 11.5 Å². The number of benzene rings is 2. The molecule has 4 rings (SSSR count). The Morgan fingerprint density at radius 3 is 2.49 bits per heavy atom. The highest BCUT2D eigenvalue weighted by atomic mass is 16.5. The fraction of sp³-hybridized carbons (Fsp3) is 0.448. The second-order valence-electron chi connectivity index (χ2n) is 10.6. The Morgan fingerprint density at radius 2 is 1.85 bits per heavy atom. The fourth-order valence-electron chi connectivity index (χ4n) is 4.90. The zero-order valence-corrected chi connectivity index (χ0v) is 23.4. The van der Waals surface area contributed by atoms with E-state index in [4.69, 9.17) is 19.6 Å². The van der Waals surface area contributed by atoms with Gasteiger partial charge in [-0.2, -0.15) is 0 Å². The summed E-state index contributed by atoms with van der Waals surface area (Å²) in [5, 5.41) is 11.4. The molecule has 0 bridgehead atoms. The number of rotatable bonds is 8. The van der Waals surface area contributed by atoms with Crippen LogP contribution in [-0.4, -0.2) is 75.4 Å². The molecule has 0 unspecified atom stereocenters. The number of Topliss-reactive ketones (excluding diaryl/α,β-unsaturated/α-hetero) is 1. The van der Waals surface area contributed by atoms with Gasteiger partial charge in [0.2, 0.25) is 0 Å². The highest BCUT2D eigenvalue weighted by Crippen LogP contribution is 2.42. The number of amides is 1. The van der Waals surface area contributed by atoms with Gasteiger partial charge in [-0.1, -0.05) is 20.8 Å². The first-order valence-electron chi connectivity index (χ1n) is 13.0. The zero-order valence-electron chi connectivity index (χ0n) is 23.4. The van der Waals surface area contributed by atoms with Crippen molar-refractivity contribution in [1.29, 1.82) is 5.41 Å². The predicted molar refractivity (Wildman–Crippen MR) is 147 cm³/mol. The molecule has 0 saturated heterocycles. The number of carbonyl (C=O) groups excluding carboxylic acids is 3. The van der Waals surface area contributed by atoms with Crippen LogP contribution in [0.15, 0.2) is 24.3 Å². The van der Waals surface area contributed by atoms with Crippen LogP contribution < -0.4 is 19.7 Å². The van der Waals surface area contributed by atoms with Gasteiger partial charge in [0, 0.05) is 30.3 Å². The van der Waals surface area contributed by atoms with Crippen LogP contribution in [0.1, 0.15) is 65.1 Å². The molecule has 10 nitrogen and oxygen atoms in total. The average molecular weight is 537 g/mol. The number of hydrogen-bond acceptors (Lipinski definition) is 8. The van der Waals surface area contributed by atoms with Gasteiger partial charge in [0.25, 0.3) is 5.91 Å². The fourth-order valence-corrected chi connectivity index (χ4v) is 4.90. The predicted octanol–water partition coefficient (Wildman–Crippen LogP) is 3.14. The molecule has 2 heterocycles. The van der Waals surface area contributed by atoms with Crippen LogP contribution in [0.2, 0.25) is 0 Å². The summed E-state index contributed by atoms with van der Waals surface area (Å²) in [7, 11) is 2.89. The maximum Gasteiger partial charge on any atom is 0.325 e. The molecule has 2 aromatic carbocycles. The molecule has 0 atom stereocenters. The van der Waals surface area contributed by atoms with E-state index in [2.05, 4.69) is 5.32 Å². The van der Waals surface area contributed by atoms with Crippen LogP contribution in [0.4, 0.5) is 5.69 Å². The Labute approximate surface area is 228 Å². The van der Waals surface area contributed by atoms with Crippen molar-refractivity contribution in [2.45, 2.75) is 39.7 Å². The lowest BCUT2D eigenvalue weighted by molar-refractivity contribution is -0.139. The van der Waals surface area contributed by atoms with E-state index < -0.39 is 0 Å². The molecular weight excluding hydrogens is 500 g/mol. The Balaban J connectivity index is 1.65. The molecule has 2 N–H and O–H groups in total. The molecule has 0 fully saturated rings. The molecule has 0 aromatic heterocycles. The van der Waals surface area contributed by atoms with Gasteiger partial charge in [-0.3, -0.25) is 19.8 Å². The first kappa shape index (κ1) is 27.9. The van der Waals surface area contributed by atoms with Gasteiger partial charge in [-0.15, -0.1) is 0 Å². The lowest BCUT2D eigenvalue weighted by atomic mass is 9.84. The van der Waals surface area contributed by atoms with Crippen molar-refractivity contribution in [3.05, 3.63) is 52.1 Å². The largest absolute Gasteiger partial charge is 0.493 e. The van der Waals surface area contributed by atoms with E-state index in [0.29, 0.717) is 60.2 Å². The van der Waals surface area contributed by atoms with Crippen LogP contribution in [-0.2, 0) is 21.5 Å². The third kappa shape index (κ3) is 5.55. The number of ketones is 1. The first-order valence-corrected chi connectivity index (χ1v) is 13.0. The van der Waals surface area contributed by atoms with Crippen LogP contribution in [0.25, 0.3) is 0 Å². The number of fused-ring (bicyclic) bond motifs is 2. The summed E-state index contributed by atoms with van der Waals surface area (Å²) in [6.45, 7) is 9.68. The number of methoxy groups -OCH3 is 1. The third-order valence-electron chi connectivity index (χ3n) is 6.94. The summed E-state index contributed by atoms with van der Waals surface area (Å²) in [5.74, 6) is 0.457. The number of nitrogens with one attached hydrogen (secondary N) is 2. The SMILES string of the molecule is CCOc1cc2c(cc1C(=O)NC)C(=N)N(CC(=O)c1cc3c(c(C(C)(C)C)c1)OCCN3CC(=O)OC)C2. The highest BCUT2D eigenvalue weighted by molar-refractivity contribution is 6.08. The molecule has 0 aliphatic carbocycles. The monoisotopic (exact) mass is 536 g/mol. The molecule has 39 heavy (non-hydrogen) atoms. The standard InChI is InChI=1S/C29H36N4O6/c1-7-38-24-12-18-14-33(27(30)19(18)13-20(24)28(36)31-5)15-23(34)17-10-21(29(2,3)4)26-22(11-17)32(8-9-39-26)16-25(35)37-6/h10-13,30H,7-9,14-16H2,1-6H3,(H,31,36). The molecule has 208 valence electrons. The summed E-state index contributed by atoms with van der Waals surface area (Å²) in [5.41, 5.74) is 3.48. The normalized spacial score (nSPS) is 14.4. The van der Waals surface area contributed by atoms with Crippen molar-refractivity contribution in [3.63, 3.8) is 0 Å². The van der Waals surface area contributed by atoms with E-state index in [9.17, 15) is 14.4 Å². The highest BCUT2D eigenvalue weighted by Gasteiger charge is 2.32. The average Bonchev–Trinajstić information content (AvgIpc) is 3.20. The van der Waals surface area contributed by atoms with Crippen molar-refractivity contribution >= 4 is 29.2 Å². The van der Waals surface area contributed by atoms with E-state index in [1.807, 2.05) is 38.7 Å². The molecule has 0 saturated carbocycles. The van der Waals surface area contributed by atoms with Gasteiger partial charge in [-0.05, 0) is 42.2 Å². The molecule has 10 heteroatoms. The van der Waals surface area contributed by atoms with Crippen molar-refractivity contribution in [2.24, 2.45) is 0 Å². The maximum atomic E-state index is 13.7. The number of amidine groups is 1. The minimum Gasteiger partial charge on any atom is -0.493 e. The van der Waals surface area contributed by atoms with Gasteiger partial charge >= 0.3 is 5.97 Å². The van der Waals surface area contributed by atoms with Crippen LogP contribution in [0, 0.1) is 5.41 Å². The summed E-state index contributed by atoms with van der Waals surface area (Å²) in [6, 6.07) is 7.05. The van der Waals surface area contributed by atoms with Crippen molar-refractivity contribution in [2.75, 3.05) is 51.9 Å². The molecular formula is C29H36N4O6. The summed E-state index contributed by atoms with van der Waals surface area (Å²) in [4.78, 5) is 41.7. The number of ether oxygens (including phenoxy) is 3. The Kier molecular flexibility index (Phi) is 7.85. The number of esters is 1. The number of hydrogen-bond donors (Lipinski definition) is 2. The van der Waals surface area contributed by atoms with Crippen LogP contribution in [0.3, 0.4) is 0 Å². The van der Waals surface area contributed by atoms with Gasteiger partial charge in [-0.25, -0.2) is 0 Å². The second kappa shape index (κ2) is 11.0. The Hall–Kier alpha value is -4.08. The third-order valence-corrected chi connectivity index (χ3v) is 6.94. The summed E-state index contributed by atoms with van der Waals surface area (Å²) < 4.78 is 16.6. The minimum absolute atomic E-state index is 0.0208. The maximum absolute atomic E-state index is 13.7. The van der Waals surface area contributed by atoms with E-state index in [1.54, 1.807) is 30.1 Å². The van der Waals surface area contributed by atoms with E-state index in [-0.39, 0.29) is 42.0 Å². The molecule has 2 aliphatic heterocycles. The number of carbonyl (C=O) groups is 3. The van der Waals surface area contributed by atoms with E-state index >= 15 is 0 Å². The van der Waals surface area contributed by atoms with E-state index in [1.165, 1.54) is 7.11 Å². The van der Waals surface area contributed by atoms with Gasteiger partial charge in [0.15, 0.2) is 5.78 Å². The molecule has 1 amide bonds. The topological polar surface area (TPSA) is 121 Å². The van der Waals surface area contributed by atoms with Crippen LogP contribution in [0.5, 0.6) is 11.5 Å². The van der Waals surface area contributed by atoms with Gasteiger partial charge < -0.3 is 29.3 Å². The Bertz CT molecular complexity index is 1330. The van der Waals surface area contributed by atoms with Gasteiger partial charge in [0.1, 0.15) is 30.5 Å². The summed E-state index contributed by atoms with van der Waals surface area (Å²) in [6.07, 6.45) is 0. The number of nitrogens with zero attached hydrogens (tertiary/aromatic N) is 2. The minimum atomic E-state index is -0.372. The zero-order chi connectivity index (χ0) is 28.5. The van der Waals surface area contributed by atoms with Gasteiger partial charge in [0.05, 0.1) is 38.1 Å². The molecule has 2 aliphatic rings. The van der Waals surface area contributed by atoms with Crippen molar-refractivity contribution in [1.82, 2.24) is 10.2 Å². The van der Waals surface area contributed by atoms with E-state index in [0.717, 1.165) is 11.1 Å².